The molecule has 2 heterocycles. The molecule has 2 rings (SSSR count). The maximum absolute atomic E-state index is 12.3. The van der Waals surface area contributed by atoms with Gasteiger partial charge in [0.2, 0.25) is 5.91 Å². The van der Waals surface area contributed by atoms with Crippen molar-refractivity contribution in [2.24, 2.45) is 0 Å². The highest BCUT2D eigenvalue weighted by atomic mass is 32.2. The third-order valence-electron chi connectivity index (χ3n) is 3.75. The maximum atomic E-state index is 12.3. The van der Waals surface area contributed by atoms with Gasteiger partial charge in [-0.15, -0.1) is 5.10 Å². The van der Waals surface area contributed by atoms with Crippen molar-refractivity contribution in [3.05, 3.63) is 5.82 Å². The van der Waals surface area contributed by atoms with Crippen LogP contribution in [0.15, 0.2) is 5.16 Å². The van der Waals surface area contributed by atoms with E-state index in [9.17, 15) is 9.59 Å². The van der Waals surface area contributed by atoms with Gasteiger partial charge in [0.05, 0.1) is 19.0 Å². The summed E-state index contributed by atoms with van der Waals surface area (Å²) in [6, 6.07) is -0.267. The second kappa shape index (κ2) is 9.44. The van der Waals surface area contributed by atoms with Gasteiger partial charge in [0.1, 0.15) is 0 Å². The normalized spacial score (nSPS) is 15.9. The Kier molecular flexibility index (Phi) is 7.57. The molecule has 140 valence electrons. The molecular formula is C15H25N5O3S2. The Morgan fingerprint density at radius 1 is 1.32 bits per heavy atom. The Bertz CT molecular complexity index is 602. The van der Waals surface area contributed by atoms with Crippen molar-refractivity contribution in [2.45, 2.75) is 23.8 Å². The highest BCUT2D eigenvalue weighted by Crippen LogP contribution is 2.19. The van der Waals surface area contributed by atoms with Crippen LogP contribution >= 0.6 is 23.5 Å². The van der Waals surface area contributed by atoms with Crippen LogP contribution in [0.5, 0.6) is 0 Å². The van der Waals surface area contributed by atoms with E-state index in [-0.39, 0.29) is 17.7 Å². The first-order valence-corrected chi connectivity index (χ1v) is 10.4. The third kappa shape index (κ3) is 5.61. The minimum Gasteiger partial charge on any atom is -0.378 e. The van der Waals surface area contributed by atoms with Crippen molar-refractivity contribution in [1.82, 2.24) is 24.6 Å². The molecule has 8 nitrogen and oxygen atoms in total. The van der Waals surface area contributed by atoms with Crippen molar-refractivity contribution in [1.29, 1.82) is 0 Å². The molecule has 0 aliphatic carbocycles. The smallest absolute Gasteiger partial charge is 0.346 e. The lowest BCUT2D eigenvalue weighted by atomic mass is 10.3. The van der Waals surface area contributed by atoms with Crippen molar-refractivity contribution in [2.75, 3.05) is 52.4 Å². The highest BCUT2D eigenvalue weighted by Gasteiger charge is 2.22. The van der Waals surface area contributed by atoms with E-state index in [0.29, 0.717) is 49.0 Å². The van der Waals surface area contributed by atoms with Gasteiger partial charge >= 0.3 is 6.03 Å². The van der Waals surface area contributed by atoms with Gasteiger partial charge in [0.25, 0.3) is 0 Å². The lowest BCUT2D eigenvalue weighted by Crippen LogP contribution is -2.41. The van der Waals surface area contributed by atoms with E-state index >= 15 is 0 Å². The molecule has 1 atom stereocenters. The zero-order valence-electron chi connectivity index (χ0n) is 15.1. The van der Waals surface area contributed by atoms with Gasteiger partial charge in [0.15, 0.2) is 11.0 Å². The SMILES string of the molecule is CSC(C)Cc1nc(SCC(=O)N2CCOCC2)n(C(=O)N(C)C)n1. The molecule has 0 N–H and O–H groups in total. The van der Waals surface area contributed by atoms with E-state index in [2.05, 4.69) is 17.0 Å². The molecule has 1 aromatic rings. The van der Waals surface area contributed by atoms with Crippen molar-refractivity contribution in [3.63, 3.8) is 0 Å². The Morgan fingerprint density at radius 2 is 2.00 bits per heavy atom. The van der Waals surface area contributed by atoms with Gasteiger partial charge in [-0.25, -0.2) is 9.78 Å². The first-order valence-electron chi connectivity index (χ1n) is 8.11. The number of ether oxygens (including phenoxy) is 1. The summed E-state index contributed by atoms with van der Waals surface area (Å²) in [5.41, 5.74) is 0. The number of carbonyl (C=O) groups is 2. The quantitative estimate of drug-likeness (QED) is 0.675. The van der Waals surface area contributed by atoms with Crippen LogP contribution < -0.4 is 0 Å². The lowest BCUT2D eigenvalue weighted by molar-refractivity contribution is -0.132. The molecule has 1 aliphatic heterocycles. The summed E-state index contributed by atoms with van der Waals surface area (Å²) in [5.74, 6) is 0.884. The van der Waals surface area contributed by atoms with Crippen LogP contribution in [-0.4, -0.2) is 94.2 Å². The fourth-order valence-electron chi connectivity index (χ4n) is 2.20. The van der Waals surface area contributed by atoms with E-state index in [1.54, 1.807) is 30.8 Å². The minimum atomic E-state index is -0.267. The third-order valence-corrected chi connectivity index (χ3v) is 5.63. The molecule has 2 amide bonds. The number of hydrogen-bond donors (Lipinski definition) is 0. The molecule has 1 saturated heterocycles. The van der Waals surface area contributed by atoms with Crippen LogP contribution in [0.25, 0.3) is 0 Å². The number of amides is 2. The number of nitrogens with zero attached hydrogens (tertiary/aromatic N) is 5. The van der Waals surface area contributed by atoms with Gasteiger partial charge in [-0.1, -0.05) is 18.7 Å². The molecule has 0 radical (unpaired) electrons. The van der Waals surface area contributed by atoms with Crippen molar-refractivity contribution in [3.8, 4) is 0 Å². The molecule has 0 aromatic carbocycles. The van der Waals surface area contributed by atoms with Crippen LogP contribution in [0.1, 0.15) is 12.7 Å². The summed E-state index contributed by atoms with van der Waals surface area (Å²) in [6.45, 7) is 4.46. The van der Waals surface area contributed by atoms with E-state index in [0.717, 1.165) is 0 Å². The fourth-order valence-corrected chi connectivity index (χ4v) is 3.37. The lowest BCUT2D eigenvalue weighted by Gasteiger charge is -2.26. The second-order valence-electron chi connectivity index (χ2n) is 5.93. The summed E-state index contributed by atoms with van der Waals surface area (Å²) >= 11 is 2.98. The number of thioether (sulfide) groups is 2. The van der Waals surface area contributed by atoms with E-state index in [1.807, 2.05) is 6.26 Å². The number of morpholine rings is 1. The Hall–Kier alpha value is -1.26. The average Bonchev–Trinajstić information content (AvgIpc) is 3.01. The standard InChI is InChI=1S/C15H25N5O3S2/c1-11(24-4)9-12-16-14(20(17-12)15(22)18(2)3)25-10-13(21)19-5-7-23-8-6-19/h11H,5-10H2,1-4H3. The number of hydrogen-bond acceptors (Lipinski definition) is 7. The highest BCUT2D eigenvalue weighted by molar-refractivity contribution is 7.99. The van der Waals surface area contributed by atoms with Gasteiger partial charge in [-0.2, -0.15) is 16.4 Å². The van der Waals surface area contributed by atoms with E-state index < -0.39 is 0 Å². The van der Waals surface area contributed by atoms with Gasteiger partial charge < -0.3 is 14.5 Å². The second-order valence-corrected chi connectivity index (χ2v) is 8.15. The Balaban J connectivity index is 2.08. The van der Waals surface area contributed by atoms with Crippen LogP contribution in [-0.2, 0) is 16.0 Å². The first-order chi connectivity index (χ1) is 11.9. The van der Waals surface area contributed by atoms with E-state index in [4.69, 9.17) is 4.74 Å². The predicted molar refractivity (Wildman–Crippen MR) is 99.3 cm³/mol. The Morgan fingerprint density at radius 3 is 2.60 bits per heavy atom. The molecule has 0 bridgehead atoms. The first kappa shape index (κ1) is 20.1. The summed E-state index contributed by atoms with van der Waals surface area (Å²) in [5, 5.41) is 5.17. The van der Waals surface area contributed by atoms with Crippen LogP contribution in [0.3, 0.4) is 0 Å². The van der Waals surface area contributed by atoms with Gasteiger partial charge in [0, 0.05) is 38.9 Å². The summed E-state index contributed by atoms with van der Waals surface area (Å²) in [6.07, 6.45) is 2.71. The molecular weight excluding hydrogens is 362 g/mol. The fraction of sp³-hybridized carbons (Fsp3) is 0.733. The molecule has 25 heavy (non-hydrogen) atoms. The number of rotatable bonds is 6. The predicted octanol–water partition coefficient (Wildman–Crippen LogP) is 1.05. The minimum absolute atomic E-state index is 0.0270. The van der Waals surface area contributed by atoms with Crippen LogP contribution in [0.4, 0.5) is 4.79 Å². The van der Waals surface area contributed by atoms with Crippen molar-refractivity contribution < 1.29 is 14.3 Å². The summed E-state index contributed by atoms with van der Waals surface area (Å²) in [7, 11) is 3.34. The molecule has 0 spiro atoms. The monoisotopic (exact) mass is 387 g/mol. The molecule has 1 aromatic heterocycles. The van der Waals surface area contributed by atoms with E-state index in [1.165, 1.54) is 21.3 Å². The maximum Gasteiger partial charge on any atom is 0.346 e. The molecule has 10 heteroatoms. The summed E-state index contributed by atoms with van der Waals surface area (Å²) in [4.78, 5) is 32.4. The largest absolute Gasteiger partial charge is 0.378 e. The zero-order chi connectivity index (χ0) is 18.4. The molecule has 0 saturated carbocycles. The summed E-state index contributed by atoms with van der Waals surface area (Å²) < 4.78 is 6.55. The molecule has 1 aliphatic rings. The molecule has 1 unspecified atom stereocenters. The number of aromatic nitrogens is 3. The van der Waals surface area contributed by atoms with Crippen LogP contribution in [0, 0.1) is 0 Å². The van der Waals surface area contributed by atoms with Crippen molar-refractivity contribution >= 4 is 35.5 Å². The zero-order valence-corrected chi connectivity index (χ0v) is 16.7. The number of carbonyl (C=O) groups excluding carboxylic acids is 2. The van der Waals surface area contributed by atoms with Gasteiger partial charge in [-0.05, 0) is 6.26 Å². The molecule has 1 fully saturated rings. The average molecular weight is 388 g/mol. The topological polar surface area (TPSA) is 80.6 Å². The van der Waals surface area contributed by atoms with Gasteiger partial charge in [-0.3, -0.25) is 4.79 Å². The Labute approximate surface area is 156 Å². The van der Waals surface area contributed by atoms with Crippen LogP contribution in [0.2, 0.25) is 0 Å².